The summed E-state index contributed by atoms with van der Waals surface area (Å²) in [7, 11) is 1.67. The third-order valence-electron chi connectivity index (χ3n) is 8.20. The molecule has 34 heavy (non-hydrogen) atoms. The molecule has 1 amide bonds. The second-order valence-corrected chi connectivity index (χ2v) is 10.2. The second kappa shape index (κ2) is 8.42. The Balaban J connectivity index is 1.71. The molecule has 1 aliphatic heterocycles. The first-order valence-corrected chi connectivity index (χ1v) is 12.3. The van der Waals surface area contributed by atoms with Gasteiger partial charge in [0.25, 0.3) is 5.91 Å². The van der Waals surface area contributed by atoms with E-state index < -0.39 is 23.0 Å². The van der Waals surface area contributed by atoms with Gasteiger partial charge in [0, 0.05) is 13.0 Å². The maximum Gasteiger partial charge on any atom is 0.348 e. The maximum atomic E-state index is 14.1. The lowest BCUT2D eigenvalue weighted by molar-refractivity contribution is -0.206. The van der Waals surface area contributed by atoms with Crippen molar-refractivity contribution in [1.29, 1.82) is 0 Å². The number of hydrogen-bond donors (Lipinski definition) is 1. The van der Waals surface area contributed by atoms with E-state index in [4.69, 9.17) is 9.47 Å². The Hall–Kier alpha value is -2.86. The van der Waals surface area contributed by atoms with Gasteiger partial charge in [-0.25, -0.2) is 4.79 Å². The van der Waals surface area contributed by atoms with Gasteiger partial charge in [0.05, 0.1) is 19.3 Å². The van der Waals surface area contributed by atoms with Crippen LogP contribution in [-0.4, -0.2) is 41.2 Å². The molecule has 6 heteroatoms. The summed E-state index contributed by atoms with van der Waals surface area (Å²) in [5, 5.41) is 11.6. The van der Waals surface area contributed by atoms with Crippen LogP contribution in [-0.2, 0) is 32.8 Å². The van der Waals surface area contributed by atoms with E-state index in [2.05, 4.69) is 19.1 Å². The number of nitrogens with zero attached hydrogens (tertiary/aromatic N) is 1. The number of carbonyl (C=O) groups is 2. The van der Waals surface area contributed by atoms with Crippen molar-refractivity contribution in [3.8, 4) is 5.75 Å². The standard InChI is InChI=1S/C28H33NO5/c1-4-34-26(31)28(32)16-24-20-12-18(2)15-27(24,23-11-10-22(33-3)14-21(23)13-20)29(25(28)30)17-19-8-6-5-7-9-19/h5-11,14,18,20,24,32H,4,12-13,15-17H2,1-3H3/t18-,20+,24-,27+,28?/m1/s1. The zero-order valence-corrected chi connectivity index (χ0v) is 20.1. The van der Waals surface area contributed by atoms with Gasteiger partial charge in [-0.3, -0.25) is 4.79 Å². The Bertz CT molecular complexity index is 1100. The van der Waals surface area contributed by atoms with Crippen molar-refractivity contribution in [2.75, 3.05) is 13.7 Å². The van der Waals surface area contributed by atoms with E-state index in [1.807, 2.05) is 36.4 Å². The quantitative estimate of drug-likeness (QED) is 0.539. The van der Waals surface area contributed by atoms with Crippen LogP contribution in [0.1, 0.15) is 49.8 Å². The molecule has 1 saturated heterocycles. The van der Waals surface area contributed by atoms with Crippen LogP contribution in [0.25, 0.3) is 0 Å². The van der Waals surface area contributed by atoms with E-state index in [0.717, 1.165) is 36.1 Å². The van der Waals surface area contributed by atoms with Crippen molar-refractivity contribution < 1.29 is 24.2 Å². The number of benzene rings is 2. The summed E-state index contributed by atoms with van der Waals surface area (Å²) in [6, 6.07) is 15.9. The van der Waals surface area contributed by atoms with Crippen LogP contribution in [0.5, 0.6) is 5.75 Å². The van der Waals surface area contributed by atoms with Gasteiger partial charge in [-0.1, -0.05) is 43.3 Å². The molecule has 5 rings (SSSR count). The number of ether oxygens (including phenoxy) is 2. The molecule has 0 aromatic heterocycles. The first-order chi connectivity index (χ1) is 16.3. The molecule has 2 aromatic carbocycles. The Morgan fingerprint density at radius 2 is 1.94 bits per heavy atom. The molecule has 6 nitrogen and oxygen atoms in total. The van der Waals surface area contributed by atoms with Crippen LogP contribution >= 0.6 is 0 Å². The van der Waals surface area contributed by atoms with Gasteiger partial charge in [0.15, 0.2) is 0 Å². The normalized spacial score (nSPS) is 31.9. The Kier molecular flexibility index (Phi) is 5.67. The van der Waals surface area contributed by atoms with Crippen molar-refractivity contribution in [2.45, 2.75) is 57.2 Å². The molecule has 3 aliphatic rings. The summed E-state index contributed by atoms with van der Waals surface area (Å²) >= 11 is 0. The van der Waals surface area contributed by atoms with Gasteiger partial charge < -0.3 is 19.5 Å². The van der Waals surface area contributed by atoms with Crippen molar-refractivity contribution in [3.63, 3.8) is 0 Å². The number of fused-ring (bicyclic) bond motifs is 1. The molecular formula is C28H33NO5. The van der Waals surface area contributed by atoms with Gasteiger partial charge in [0.2, 0.25) is 5.60 Å². The minimum absolute atomic E-state index is 0.0413. The summed E-state index contributed by atoms with van der Waals surface area (Å²) in [6.07, 6.45) is 2.73. The minimum Gasteiger partial charge on any atom is -0.497 e. The molecule has 5 atom stereocenters. The summed E-state index contributed by atoms with van der Waals surface area (Å²) in [5.74, 6) is 0.0362. The zero-order chi connectivity index (χ0) is 24.1. The van der Waals surface area contributed by atoms with E-state index in [1.54, 1.807) is 18.9 Å². The predicted molar refractivity (Wildman–Crippen MR) is 127 cm³/mol. The van der Waals surface area contributed by atoms with Crippen LogP contribution in [0.15, 0.2) is 48.5 Å². The number of carbonyl (C=O) groups excluding carboxylic acids is 2. The van der Waals surface area contributed by atoms with Crippen LogP contribution in [0.2, 0.25) is 0 Å². The fourth-order valence-corrected chi connectivity index (χ4v) is 6.94. The molecule has 2 aromatic rings. The van der Waals surface area contributed by atoms with Crippen molar-refractivity contribution in [2.24, 2.45) is 17.8 Å². The lowest BCUT2D eigenvalue weighted by Gasteiger charge is -2.63. The lowest BCUT2D eigenvalue weighted by Crippen LogP contribution is -2.72. The van der Waals surface area contributed by atoms with Crippen molar-refractivity contribution >= 4 is 11.9 Å². The van der Waals surface area contributed by atoms with Crippen LogP contribution in [0.3, 0.4) is 0 Å². The highest BCUT2D eigenvalue weighted by Gasteiger charge is 2.66. The summed E-state index contributed by atoms with van der Waals surface area (Å²) in [6.45, 7) is 4.38. The number of aliphatic hydroxyl groups is 1. The predicted octanol–water partition coefficient (Wildman–Crippen LogP) is 3.84. The number of piperidine rings is 1. The molecule has 2 fully saturated rings. The van der Waals surface area contributed by atoms with Gasteiger partial charge >= 0.3 is 5.97 Å². The van der Waals surface area contributed by atoms with Gasteiger partial charge in [-0.2, -0.15) is 0 Å². The highest BCUT2D eigenvalue weighted by molar-refractivity contribution is 6.07. The largest absolute Gasteiger partial charge is 0.497 e. The highest BCUT2D eigenvalue weighted by atomic mass is 16.6. The van der Waals surface area contributed by atoms with Crippen molar-refractivity contribution in [1.82, 2.24) is 4.90 Å². The van der Waals surface area contributed by atoms with E-state index >= 15 is 0 Å². The second-order valence-electron chi connectivity index (χ2n) is 10.2. The molecule has 0 spiro atoms. The number of likely N-dealkylation sites (tertiary alicyclic amines) is 1. The topological polar surface area (TPSA) is 76.1 Å². The Labute approximate surface area is 200 Å². The zero-order valence-electron chi connectivity index (χ0n) is 20.1. The van der Waals surface area contributed by atoms with E-state index in [9.17, 15) is 14.7 Å². The molecule has 1 unspecified atom stereocenters. The lowest BCUT2D eigenvalue weighted by atomic mass is 9.51. The molecule has 2 bridgehead atoms. The van der Waals surface area contributed by atoms with Gasteiger partial charge in [-0.05, 0) is 72.8 Å². The van der Waals surface area contributed by atoms with Crippen LogP contribution in [0.4, 0.5) is 0 Å². The first kappa shape index (κ1) is 22.9. The average molecular weight is 464 g/mol. The summed E-state index contributed by atoms with van der Waals surface area (Å²) in [5.41, 5.74) is 0.527. The summed E-state index contributed by atoms with van der Waals surface area (Å²) < 4.78 is 10.7. The first-order valence-electron chi connectivity index (χ1n) is 12.3. The molecule has 2 aliphatic carbocycles. The van der Waals surface area contributed by atoms with E-state index in [1.165, 1.54) is 5.56 Å². The monoisotopic (exact) mass is 463 g/mol. The highest BCUT2D eigenvalue weighted by Crippen LogP contribution is 2.61. The number of rotatable bonds is 5. The molecule has 1 heterocycles. The minimum atomic E-state index is -2.16. The molecule has 1 N–H and O–H groups in total. The number of amides is 1. The molecule has 0 radical (unpaired) electrons. The molecular weight excluding hydrogens is 430 g/mol. The van der Waals surface area contributed by atoms with Crippen LogP contribution in [0, 0.1) is 17.8 Å². The van der Waals surface area contributed by atoms with E-state index in [0.29, 0.717) is 12.5 Å². The Morgan fingerprint density at radius 3 is 2.65 bits per heavy atom. The number of hydrogen-bond acceptors (Lipinski definition) is 5. The number of methoxy groups -OCH3 is 1. The van der Waals surface area contributed by atoms with Crippen LogP contribution < -0.4 is 4.74 Å². The summed E-state index contributed by atoms with van der Waals surface area (Å²) in [4.78, 5) is 28.9. The molecule has 180 valence electrons. The maximum absolute atomic E-state index is 14.1. The van der Waals surface area contributed by atoms with Gasteiger partial charge in [-0.15, -0.1) is 0 Å². The molecule has 1 saturated carbocycles. The Morgan fingerprint density at radius 1 is 1.18 bits per heavy atom. The third-order valence-corrected chi connectivity index (χ3v) is 8.20. The third kappa shape index (κ3) is 3.34. The number of esters is 1. The van der Waals surface area contributed by atoms with E-state index in [-0.39, 0.29) is 24.9 Å². The fraction of sp³-hybridized carbons (Fsp3) is 0.500. The van der Waals surface area contributed by atoms with Gasteiger partial charge in [0.1, 0.15) is 5.75 Å². The smallest absolute Gasteiger partial charge is 0.348 e. The SMILES string of the molecule is CCOC(=O)C1(O)C[C@@H]2[C@@H]3Cc4cc(OC)ccc4[C@]2(C[C@H](C)C3)N(Cc2ccccc2)C1=O. The average Bonchev–Trinajstić information content (AvgIpc) is 2.82. The fourth-order valence-electron chi connectivity index (χ4n) is 6.94. The van der Waals surface area contributed by atoms with Crippen molar-refractivity contribution in [3.05, 3.63) is 65.2 Å².